The summed E-state index contributed by atoms with van der Waals surface area (Å²) >= 11 is 0. The smallest absolute Gasteiger partial charge is 0.408 e. The summed E-state index contributed by atoms with van der Waals surface area (Å²) in [6.07, 6.45) is 1.46. The van der Waals surface area contributed by atoms with Gasteiger partial charge in [-0.05, 0) is 63.6 Å². The molecule has 3 amide bonds. The van der Waals surface area contributed by atoms with E-state index in [0.29, 0.717) is 31.8 Å². The van der Waals surface area contributed by atoms with E-state index in [4.69, 9.17) is 4.74 Å². The number of piperidine rings is 1. The molecule has 3 heterocycles. The van der Waals surface area contributed by atoms with Crippen LogP contribution in [0.4, 0.5) is 9.18 Å². The summed E-state index contributed by atoms with van der Waals surface area (Å²) in [6.45, 7) is 6.29. The molecule has 1 saturated carbocycles. The highest BCUT2D eigenvalue weighted by molar-refractivity contribution is 5.88. The van der Waals surface area contributed by atoms with Gasteiger partial charge in [-0.25, -0.2) is 9.18 Å². The van der Waals surface area contributed by atoms with E-state index in [2.05, 4.69) is 11.4 Å². The molecule has 3 saturated heterocycles. The van der Waals surface area contributed by atoms with Gasteiger partial charge in [0.2, 0.25) is 11.8 Å². The van der Waals surface area contributed by atoms with Crippen molar-refractivity contribution in [1.82, 2.24) is 20.0 Å². The van der Waals surface area contributed by atoms with Gasteiger partial charge in [0.25, 0.3) is 0 Å². The van der Waals surface area contributed by atoms with Crippen molar-refractivity contribution >= 4 is 17.9 Å². The quantitative estimate of drug-likeness (QED) is 0.645. The van der Waals surface area contributed by atoms with E-state index in [-0.39, 0.29) is 36.3 Å². The number of ether oxygens (including phenoxy) is 1. The average Bonchev–Trinajstić information content (AvgIpc) is 3.13. The fourth-order valence-corrected chi connectivity index (χ4v) is 5.91. The number of nitriles is 1. The first-order chi connectivity index (χ1) is 17.0. The number of hydrogen-bond donors (Lipinski definition) is 1. The van der Waals surface area contributed by atoms with E-state index >= 15 is 0 Å². The monoisotopic (exact) mass is 497 g/mol. The zero-order valence-electron chi connectivity index (χ0n) is 20.8. The molecule has 5 rings (SSSR count). The Labute approximate surface area is 210 Å². The zero-order valence-corrected chi connectivity index (χ0v) is 20.8. The number of halogens is 1. The van der Waals surface area contributed by atoms with Gasteiger partial charge in [-0.1, -0.05) is 12.1 Å². The van der Waals surface area contributed by atoms with Crippen LogP contribution in [-0.4, -0.2) is 81.5 Å². The van der Waals surface area contributed by atoms with Crippen molar-refractivity contribution in [2.24, 2.45) is 5.92 Å². The molecule has 0 aromatic heterocycles. The predicted molar refractivity (Wildman–Crippen MR) is 127 cm³/mol. The van der Waals surface area contributed by atoms with Gasteiger partial charge in [0.1, 0.15) is 23.5 Å². The second-order valence-corrected chi connectivity index (χ2v) is 11.3. The maximum atomic E-state index is 13.6. The normalized spacial score (nSPS) is 29.6. The highest BCUT2D eigenvalue weighted by Gasteiger charge is 2.56. The fraction of sp³-hybridized carbons (Fsp3) is 0.615. The molecule has 0 radical (unpaired) electrons. The molecule has 3 aliphatic heterocycles. The molecule has 0 unspecified atom stereocenters. The Bertz CT molecular complexity index is 1110. The molecular weight excluding hydrogens is 465 g/mol. The van der Waals surface area contributed by atoms with Gasteiger partial charge in [0, 0.05) is 31.7 Å². The van der Waals surface area contributed by atoms with Crippen LogP contribution in [0.15, 0.2) is 24.3 Å². The van der Waals surface area contributed by atoms with Crippen LogP contribution in [0.25, 0.3) is 0 Å². The Hall–Kier alpha value is -3.19. The number of hydrogen-bond acceptors (Lipinski definition) is 6. The topological polar surface area (TPSA) is 106 Å². The number of nitrogens with zero attached hydrogens (tertiary/aromatic N) is 4. The van der Waals surface area contributed by atoms with Crippen LogP contribution in [0, 0.1) is 23.1 Å². The largest absolute Gasteiger partial charge is 0.444 e. The lowest BCUT2D eigenvalue weighted by Crippen LogP contribution is -2.59. The number of alkyl carbamates (subject to hydrolysis) is 1. The second kappa shape index (κ2) is 9.04. The van der Waals surface area contributed by atoms with Gasteiger partial charge in [-0.15, -0.1) is 0 Å². The molecule has 10 heteroatoms. The molecule has 4 fully saturated rings. The van der Waals surface area contributed by atoms with Crippen molar-refractivity contribution in [2.75, 3.05) is 13.1 Å². The lowest BCUT2D eigenvalue weighted by molar-refractivity contribution is -0.140. The highest BCUT2D eigenvalue weighted by atomic mass is 19.1. The Morgan fingerprint density at radius 2 is 2.06 bits per heavy atom. The standard InChI is InChI=1S/C26H32FN5O4/c1-26(2,3)36-25(35)29-20(23(33)32-18(11-28)8-16-9-21(16)32)14-30-13-19-10-22(30)24(34)31(19)12-15-5-4-6-17(27)7-15/h4-7,16,18-22H,8-10,12-14H2,1-3H3,(H,29,35)/t16-,18+,19+,20+,21+,22+/m1/s1. The molecule has 1 N–H and O–H groups in total. The molecule has 192 valence electrons. The van der Waals surface area contributed by atoms with Crippen LogP contribution in [0.2, 0.25) is 0 Å². The molecule has 1 aliphatic carbocycles. The van der Waals surface area contributed by atoms with E-state index in [9.17, 15) is 24.0 Å². The Morgan fingerprint density at radius 3 is 2.72 bits per heavy atom. The fourth-order valence-electron chi connectivity index (χ4n) is 5.91. The Kier molecular flexibility index (Phi) is 6.15. The summed E-state index contributed by atoms with van der Waals surface area (Å²) in [6, 6.07) is 6.62. The van der Waals surface area contributed by atoms with Crippen LogP contribution >= 0.6 is 0 Å². The number of nitrogens with one attached hydrogen (secondary N) is 1. The summed E-state index contributed by atoms with van der Waals surface area (Å²) in [5, 5.41) is 12.3. The summed E-state index contributed by atoms with van der Waals surface area (Å²) < 4.78 is 19.0. The van der Waals surface area contributed by atoms with Crippen molar-refractivity contribution in [3.8, 4) is 6.07 Å². The first-order valence-corrected chi connectivity index (χ1v) is 12.5. The average molecular weight is 498 g/mol. The van der Waals surface area contributed by atoms with E-state index in [1.165, 1.54) is 12.1 Å². The van der Waals surface area contributed by atoms with Gasteiger partial charge in [0.15, 0.2) is 0 Å². The molecule has 9 nitrogen and oxygen atoms in total. The second-order valence-electron chi connectivity index (χ2n) is 11.3. The number of piperazine rings is 1. The maximum Gasteiger partial charge on any atom is 0.408 e. The molecule has 0 spiro atoms. The van der Waals surface area contributed by atoms with Crippen LogP contribution in [0.3, 0.4) is 0 Å². The lowest BCUT2D eigenvalue weighted by Gasteiger charge is -2.36. The molecule has 36 heavy (non-hydrogen) atoms. The number of carbonyl (C=O) groups excluding carboxylic acids is 3. The maximum absolute atomic E-state index is 13.6. The molecular formula is C26H32FN5O4. The summed E-state index contributed by atoms with van der Waals surface area (Å²) in [7, 11) is 0. The Balaban J connectivity index is 1.29. The van der Waals surface area contributed by atoms with E-state index in [1.807, 2.05) is 4.90 Å². The van der Waals surface area contributed by atoms with Gasteiger partial charge >= 0.3 is 6.09 Å². The SMILES string of the molecule is CC(C)(C)OC(=O)N[C@@H](CN1C[C@@H]2C[C@H]1C(=O)N2Cc1cccc(F)c1)C(=O)N1[C@H](C#N)C[C@@H]2C[C@@H]21. The molecule has 6 atom stereocenters. The highest BCUT2D eigenvalue weighted by Crippen LogP contribution is 2.48. The van der Waals surface area contributed by atoms with Crippen LogP contribution in [0.5, 0.6) is 0 Å². The van der Waals surface area contributed by atoms with Gasteiger partial charge in [-0.3, -0.25) is 14.5 Å². The summed E-state index contributed by atoms with van der Waals surface area (Å²) in [4.78, 5) is 44.8. The minimum atomic E-state index is -0.932. The van der Waals surface area contributed by atoms with Crippen LogP contribution in [-0.2, 0) is 20.9 Å². The number of fused-ring (bicyclic) bond motifs is 3. The number of amides is 3. The number of likely N-dealkylation sites (tertiary alicyclic amines) is 3. The summed E-state index contributed by atoms with van der Waals surface area (Å²) in [5.41, 5.74) is 0.0000133. The van der Waals surface area contributed by atoms with Crippen molar-refractivity contribution in [1.29, 1.82) is 5.26 Å². The first kappa shape index (κ1) is 24.5. The molecule has 1 aromatic rings. The van der Waals surface area contributed by atoms with Gasteiger partial charge in [0.05, 0.1) is 12.1 Å². The van der Waals surface area contributed by atoms with Crippen molar-refractivity contribution in [2.45, 2.75) is 82.4 Å². The van der Waals surface area contributed by atoms with Gasteiger partial charge in [-0.2, -0.15) is 5.26 Å². The molecule has 2 bridgehead atoms. The summed E-state index contributed by atoms with van der Waals surface area (Å²) in [5.74, 6) is -0.348. The lowest BCUT2D eigenvalue weighted by atomic mass is 10.1. The molecule has 1 aromatic carbocycles. The van der Waals surface area contributed by atoms with Crippen molar-refractivity contribution in [3.63, 3.8) is 0 Å². The predicted octanol–water partition coefficient (Wildman–Crippen LogP) is 2.02. The minimum absolute atomic E-state index is 0.0449. The Morgan fingerprint density at radius 1 is 1.28 bits per heavy atom. The van der Waals surface area contributed by atoms with E-state index < -0.39 is 29.8 Å². The number of rotatable bonds is 6. The third-order valence-corrected chi connectivity index (χ3v) is 7.55. The van der Waals surface area contributed by atoms with E-state index in [0.717, 1.165) is 12.0 Å². The molecule has 4 aliphatic rings. The zero-order chi connectivity index (χ0) is 25.8. The van der Waals surface area contributed by atoms with Crippen LogP contribution < -0.4 is 5.32 Å². The van der Waals surface area contributed by atoms with Crippen LogP contribution in [0.1, 0.15) is 45.6 Å². The van der Waals surface area contributed by atoms with Gasteiger partial charge < -0.3 is 19.9 Å². The minimum Gasteiger partial charge on any atom is -0.444 e. The third kappa shape index (κ3) is 4.76. The van der Waals surface area contributed by atoms with Crippen molar-refractivity contribution in [3.05, 3.63) is 35.6 Å². The third-order valence-electron chi connectivity index (χ3n) is 7.55. The first-order valence-electron chi connectivity index (χ1n) is 12.5. The number of carbonyl (C=O) groups is 3. The van der Waals surface area contributed by atoms with E-state index in [1.54, 1.807) is 42.7 Å². The number of benzene rings is 1. The van der Waals surface area contributed by atoms with Crippen molar-refractivity contribution < 1.29 is 23.5 Å².